The Morgan fingerprint density at radius 2 is 1.61 bits per heavy atom. The van der Waals surface area contributed by atoms with Crippen LogP contribution in [-0.2, 0) is 14.3 Å². The lowest BCUT2D eigenvalue weighted by atomic mass is 10.3. The molecule has 0 aliphatic carbocycles. The molecule has 0 aliphatic heterocycles. The molecule has 4 nitrogen and oxygen atoms in total. The molecule has 0 radical (unpaired) electrons. The van der Waals surface area contributed by atoms with E-state index in [2.05, 4.69) is 4.74 Å². The Morgan fingerprint density at radius 3 is 1.94 bits per heavy atom. The van der Waals surface area contributed by atoms with Gasteiger partial charge in [0.05, 0.1) is 12.7 Å². The Balaban J connectivity index is 5.05. The summed E-state index contributed by atoms with van der Waals surface area (Å²) in [5.41, 5.74) is -2.15. The monoisotopic (exact) mass is 279 g/mol. The van der Waals surface area contributed by atoms with E-state index in [0.29, 0.717) is 5.32 Å². The first kappa shape index (κ1) is 16.3. The van der Waals surface area contributed by atoms with Crippen LogP contribution in [0.4, 0.5) is 26.3 Å². The molecule has 0 unspecified atom stereocenters. The van der Waals surface area contributed by atoms with Crippen molar-refractivity contribution < 1.29 is 40.7 Å². The summed E-state index contributed by atoms with van der Waals surface area (Å²) in [6.07, 6.45) is -11.1. The summed E-state index contributed by atoms with van der Waals surface area (Å²) in [7, 11) is 0. The lowest BCUT2D eigenvalue weighted by molar-refractivity contribution is -0.175. The highest BCUT2D eigenvalue weighted by Crippen LogP contribution is 2.25. The van der Waals surface area contributed by atoms with E-state index in [4.69, 9.17) is 0 Å². The van der Waals surface area contributed by atoms with E-state index in [1.165, 1.54) is 6.92 Å². The third-order valence-electron chi connectivity index (χ3n) is 1.36. The zero-order valence-electron chi connectivity index (χ0n) is 8.78. The highest BCUT2D eigenvalue weighted by Gasteiger charge is 2.44. The van der Waals surface area contributed by atoms with Crippen molar-refractivity contribution in [1.29, 1.82) is 0 Å². The molecule has 0 aromatic heterocycles. The number of ether oxygens (including phenoxy) is 1. The van der Waals surface area contributed by atoms with Crippen LogP contribution in [0.15, 0.2) is 11.8 Å². The maximum atomic E-state index is 12.2. The highest BCUT2D eigenvalue weighted by atomic mass is 19.4. The number of hydrogen-bond donors (Lipinski definition) is 1. The summed E-state index contributed by atoms with van der Waals surface area (Å²) in [6.45, 7) is 1.01. The van der Waals surface area contributed by atoms with Gasteiger partial charge in [0.1, 0.15) is 5.70 Å². The smallest absolute Gasteiger partial charge is 0.463 e. The van der Waals surface area contributed by atoms with Crippen molar-refractivity contribution in [2.75, 3.05) is 6.61 Å². The zero-order chi connectivity index (χ0) is 14.6. The molecule has 1 amide bonds. The van der Waals surface area contributed by atoms with E-state index in [9.17, 15) is 35.9 Å². The molecule has 10 heteroatoms. The Kier molecular flexibility index (Phi) is 5.18. The summed E-state index contributed by atoms with van der Waals surface area (Å²) in [4.78, 5) is 21.0. The lowest BCUT2D eigenvalue weighted by Gasteiger charge is -2.14. The molecule has 104 valence electrons. The second kappa shape index (κ2) is 5.74. The van der Waals surface area contributed by atoms with Crippen LogP contribution in [0.1, 0.15) is 6.92 Å². The van der Waals surface area contributed by atoms with Crippen LogP contribution < -0.4 is 5.32 Å². The predicted octanol–water partition coefficient (Wildman–Crippen LogP) is 1.67. The SMILES string of the molecule is CCOC(=O)/C=C(/NC(=O)C(F)(F)F)C(F)(F)F. The number of esters is 1. The summed E-state index contributed by atoms with van der Waals surface area (Å²) < 4.78 is 76.0. The van der Waals surface area contributed by atoms with Crippen molar-refractivity contribution in [3.8, 4) is 0 Å². The molecule has 0 rings (SSSR count). The standard InChI is InChI=1S/C8H7F6NO3/c1-2-18-5(16)3-4(7(9,10)11)15-6(17)8(12,13)14/h3H,2H2,1H3,(H,15,17)/b4-3+. The van der Waals surface area contributed by atoms with Crippen molar-refractivity contribution in [3.63, 3.8) is 0 Å². The van der Waals surface area contributed by atoms with Gasteiger partial charge in [-0.3, -0.25) is 4.79 Å². The second-order valence-corrected chi connectivity index (χ2v) is 2.76. The second-order valence-electron chi connectivity index (χ2n) is 2.76. The molecule has 0 aliphatic rings. The van der Waals surface area contributed by atoms with Gasteiger partial charge in [0.25, 0.3) is 0 Å². The molecule has 0 spiro atoms. The summed E-state index contributed by atoms with van der Waals surface area (Å²) in [5, 5.41) is 0.558. The first-order valence-corrected chi connectivity index (χ1v) is 4.32. The van der Waals surface area contributed by atoms with Gasteiger partial charge in [0.15, 0.2) is 0 Å². The molecule has 0 saturated heterocycles. The van der Waals surface area contributed by atoms with E-state index in [1.807, 2.05) is 0 Å². The fraction of sp³-hybridized carbons (Fsp3) is 0.500. The van der Waals surface area contributed by atoms with Gasteiger partial charge in [-0.15, -0.1) is 0 Å². The van der Waals surface area contributed by atoms with Gasteiger partial charge in [0, 0.05) is 0 Å². The molecular formula is C8H7F6NO3. The van der Waals surface area contributed by atoms with Gasteiger partial charge in [-0.2, -0.15) is 26.3 Å². The van der Waals surface area contributed by atoms with E-state index in [1.54, 1.807) is 0 Å². The van der Waals surface area contributed by atoms with E-state index in [0.717, 1.165) is 0 Å². The van der Waals surface area contributed by atoms with Crippen LogP contribution in [0.2, 0.25) is 0 Å². The van der Waals surface area contributed by atoms with Crippen molar-refractivity contribution in [3.05, 3.63) is 11.8 Å². The molecule has 0 bridgehead atoms. The normalized spacial score (nSPS) is 13.2. The zero-order valence-corrected chi connectivity index (χ0v) is 8.78. The van der Waals surface area contributed by atoms with Gasteiger partial charge in [-0.25, -0.2) is 4.79 Å². The fourth-order valence-corrected chi connectivity index (χ4v) is 0.684. The van der Waals surface area contributed by atoms with Crippen molar-refractivity contribution in [2.24, 2.45) is 0 Å². The molecule has 0 saturated carbocycles. The number of nitrogens with one attached hydrogen (secondary N) is 1. The van der Waals surface area contributed by atoms with Crippen LogP contribution >= 0.6 is 0 Å². The molecule has 0 atom stereocenters. The molecule has 0 aromatic rings. The summed E-state index contributed by atoms with van der Waals surface area (Å²) in [5.74, 6) is -4.36. The minimum absolute atomic E-state index is 0.270. The van der Waals surface area contributed by atoms with Gasteiger partial charge in [-0.05, 0) is 6.92 Å². The number of amides is 1. The number of rotatable bonds is 3. The van der Waals surface area contributed by atoms with E-state index < -0.39 is 29.9 Å². The van der Waals surface area contributed by atoms with Crippen molar-refractivity contribution >= 4 is 11.9 Å². The number of allylic oxidation sites excluding steroid dienone is 1. The third-order valence-corrected chi connectivity index (χ3v) is 1.36. The highest BCUT2D eigenvalue weighted by molar-refractivity contribution is 5.87. The number of hydrogen-bond acceptors (Lipinski definition) is 3. The predicted molar refractivity (Wildman–Crippen MR) is 45.0 cm³/mol. The van der Waals surface area contributed by atoms with Crippen molar-refractivity contribution in [2.45, 2.75) is 19.3 Å². The molecule has 0 aromatic carbocycles. The van der Waals surface area contributed by atoms with Crippen molar-refractivity contribution in [1.82, 2.24) is 5.32 Å². The fourth-order valence-electron chi connectivity index (χ4n) is 0.684. The Bertz CT molecular complexity index is 357. The Labute approximate surface area is 96.6 Å². The van der Waals surface area contributed by atoms with Gasteiger partial charge < -0.3 is 10.1 Å². The van der Waals surface area contributed by atoms with Crippen LogP contribution in [0.3, 0.4) is 0 Å². The first-order valence-electron chi connectivity index (χ1n) is 4.32. The van der Waals surface area contributed by atoms with Gasteiger partial charge >= 0.3 is 24.2 Å². The summed E-state index contributed by atoms with van der Waals surface area (Å²) >= 11 is 0. The van der Waals surface area contributed by atoms with Gasteiger partial charge in [0.2, 0.25) is 0 Å². The lowest BCUT2D eigenvalue weighted by Crippen LogP contribution is -2.40. The number of halogens is 6. The number of alkyl halides is 6. The minimum Gasteiger partial charge on any atom is -0.463 e. The molecular weight excluding hydrogens is 272 g/mol. The van der Waals surface area contributed by atoms with Gasteiger partial charge in [-0.1, -0.05) is 0 Å². The summed E-state index contributed by atoms with van der Waals surface area (Å²) in [6, 6.07) is 0. The topological polar surface area (TPSA) is 55.4 Å². The van der Waals surface area contributed by atoms with E-state index in [-0.39, 0.29) is 12.7 Å². The largest absolute Gasteiger partial charge is 0.471 e. The van der Waals surface area contributed by atoms with Crippen LogP contribution in [0, 0.1) is 0 Å². The Hall–Kier alpha value is -1.74. The molecule has 0 heterocycles. The number of carbonyl (C=O) groups is 2. The Morgan fingerprint density at radius 1 is 1.11 bits per heavy atom. The molecule has 1 N–H and O–H groups in total. The van der Waals surface area contributed by atoms with Crippen LogP contribution in [0.25, 0.3) is 0 Å². The average Bonchev–Trinajstić information content (AvgIpc) is 2.13. The number of carbonyl (C=O) groups excluding carboxylic acids is 2. The van der Waals surface area contributed by atoms with Crippen LogP contribution in [0.5, 0.6) is 0 Å². The average molecular weight is 279 g/mol. The minimum atomic E-state index is -5.50. The van der Waals surface area contributed by atoms with E-state index >= 15 is 0 Å². The maximum Gasteiger partial charge on any atom is 0.471 e. The molecule has 0 fully saturated rings. The molecule has 18 heavy (non-hydrogen) atoms. The van der Waals surface area contributed by atoms with Crippen LogP contribution in [-0.4, -0.2) is 30.8 Å². The maximum absolute atomic E-state index is 12.2. The first-order chi connectivity index (χ1) is 7.98. The third kappa shape index (κ3) is 5.55. The quantitative estimate of drug-likeness (QED) is 0.486.